The number of nitrogens with zero attached hydrogens (tertiary/aromatic N) is 4. The summed E-state index contributed by atoms with van der Waals surface area (Å²) in [6, 6.07) is 3.44. The van der Waals surface area contributed by atoms with Gasteiger partial charge < -0.3 is 18.7 Å². The molecule has 1 amide bonds. The summed E-state index contributed by atoms with van der Waals surface area (Å²) in [7, 11) is 0. The molecule has 152 valence electrons. The number of carbonyl (C=O) groups excluding carboxylic acids is 1. The SMILES string of the molecule is CC(C)(C)OC(=O)N1CCC(C(c2nc(-c3ccncc3)no2)S(=O)[O-])CC1. The van der Waals surface area contributed by atoms with Crippen molar-refractivity contribution in [3.8, 4) is 11.4 Å². The number of hydrogen-bond donors (Lipinski definition) is 0. The molecule has 2 aromatic heterocycles. The Hall–Kier alpha value is -2.33. The molecule has 2 aromatic rings. The molecule has 3 heterocycles. The fourth-order valence-electron chi connectivity index (χ4n) is 3.12. The second-order valence-electron chi connectivity index (χ2n) is 7.68. The number of piperidine rings is 1. The van der Waals surface area contributed by atoms with Crippen LogP contribution in [0.4, 0.5) is 4.79 Å². The fraction of sp³-hybridized carbons (Fsp3) is 0.556. The van der Waals surface area contributed by atoms with Gasteiger partial charge in [0.1, 0.15) is 10.9 Å². The third-order valence-corrected chi connectivity index (χ3v) is 5.45. The van der Waals surface area contributed by atoms with Gasteiger partial charge in [-0.3, -0.25) is 9.19 Å². The molecule has 1 aliphatic rings. The van der Waals surface area contributed by atoms with Gasteiger partial charge in [0.25, 0.3) is 0 Å². The number of ether oxygens (including phenoxy) is 1. The van der Waals surface area contributed by atoms with Gasteiger partial charge in [0.2, 0.25) is 11.7 Å². The van der Waals surface area contributed by atoms with E-state index in [0.717, 1.165) is 0 Å². The molecule has 0 N–H and O–H groups in total. The van der Waals surface area contributed by atoms with Gasteiger partial charge in [-0.2, -0.15) is 4.98 Å². The molecule has 0 bridgehead atoms. The Bertz CT molecular complexity index is 828. The Labute approximate surface area is 165 Å². The number of amides is 1. The zero-order valence-electron chi connectivity index (χ0n) is 16.0. The van der Waals surface area contributed by atoms with E-state index in [1.807, 2.05) is 20.8 Å². The summed E-state index contributed by atoms with van der Waals surface area (Å²) in [6.07, 6.45) is 3.82. The van der Waals surface area contributed by atoms with Crippen LogP contribution < -0.4 is 0 Å². The van der Waals surface area contributed by atoms with Crippen molar-refractivity contribution in [3.05, 3.63) is 30.4 Å². The molecule has 2 unspecified atom stereocenters. The minimum Gasteiger partial charge on any atom is -0.772 e. The van der Waals surface area contributed by atoms with Gasteiger partial charge in [0.15, 0.2) is 0 Å². The van der Waals surface area contributed by atoms with Crippen molar-refractivity contribution in [3.63, 3.8) is 0 Å². The first-order valence-corrected chi connectivity index (χ1v) is 10.2. The van der Waals surface area contributed by atoms with E-state index in [1.165, 1.54) is 0 Å². The molecule has 9 nitrogen and oxygen atoms in total. The lowest BCUT2D eigenvalue weighted by Crippen LogP contribution is -2.43. The van der Waals surface area contributed by atoms with Crippen molar-refractivity contribution in [1.82, 2.24) is 20.0 Å². The van der Waals surface area contributed by atoms with Gasteiger partial charge in [-0.05, 0) is 62.7 Å². The van der Waals surface area contributed by atoms with Crippen molar-refractivity contribution < 1.29 is 22.8 Å². The number of rotatable bonds is 4. The minimum atomic E-state index is -2.43. The van der Waals surface area contributed by atoms with Crippen LogP contribution in [-0.4, -0.2) is 53.6 Å². The van der Waals surface area contributed by atoms with Gasteiger partial charge in [0.05, 0.1) is 0 Å². The van der Waals surface area contributed by atoms with E-state index in [2.05, 4.69) is 15.1 Å². The first-order chi connectivity index (χ1) is 13.2. The van der Waals surface area contributed by atoms with Crippen molar-refractivity contribution in [2.75, 3.05) is 13.1 Å². The summed E-state index contributed by atoms with van der Waals surface area (Å²) in [5, 5.41) is 2.98. The van der Waals surface area contributed by atoms with Crippen LogP contribution in [0.15, 0.2) is 29.0 Å². The van der Waals surface area contributed by atoms with Crippen molar-refractivity contribution >= 4 is 17.2 Å². The molecule has 1 fully saturated rings. The van der Waals surface area contributed by atoms with E-state index in [1.54, 1.807) is 29.4 Å². The van der Waals surface area contributed by atoms with Gasteiger partial charge in [-0.15, -0.1) is 0 Å². The lowest BCUT2D eigenvalue weighted by Gasteiger charge is -2.36. The summed E-state index contributed by atoms with van der Waals surface area (Å²) in [5.74, 6) is 0.165. The topological polar surface area (TPSA) is 121 Å². The highest BCUT2D eigenvalue weighted by Crippen LogP contribution is 2.35. The average molecular weight is 407 g/mol. The first-order valence-electron chi connectivity index (χ1n) is 9.04. The molecule has 0 spiro atoms. The standard InChI is InChI=1S/C18H24N4O5S/c1-18(2,3)26-17(23)22-10-6-12(7-11-22)14(28(24)25)16-20-15(21-27-16)13-4-8-19-9-5-13/h4-5,8-9,12,14H,6-7,10-11H2,1-3H3,(H,24,25)/p-1. The smallest absolute Gasteiger partial charge is 0.410 e. The Kier molecular flexibility index (Phi) is 6.09. The Morgan fingerprint density at radius 3 is 2.54 bits per heavy atom. The molecule has 0 aromatic carbocycles. The number of likely N-dealkylation sites (tertiary alicyclic amines) is 1. The predicted octanol–water partition coefficient (Wildman–Crippen LogP) is 2.70. The lowest BCUT2D eigenvalue weighted by atomic mass is 9.93. The van der Waals surface area contributed by atoms with E-state index in [4.69, 9.17) is 9.26 Å². The predicted molar refractivity (Wildman–Crippen MR) is 99.7 cm³/mol. The van der Waals surface area contributed by atoms with Crippen LogP contribution >= 0.6 is 0 Å². The molecule has 0 saturated carbocycles. The molecule has 0 radical (unpaired) electrons. The summed E-state index contributed by atoms with van der Waals surface area (Å²) >= 11 is -2.43. The van der Waals surface area contributed by atoms with Crippen LogP contribution in [0.5, 0.6) is 0 Å². The van der Waals surface area contributed by atoms with Crippen LogP contribution in [0.3, 0.4) is 0 Å². The summed E-state index contributed by atoms with van der Waals surface area (Å²) in [6.45, 7) is 6.26. The van der Waals surface area contributed by atoms with E-state index in [-0.39, 0.29) is 17.9 Å². The molecule has 10 heteroatoms. The van der Waals surface area contributed by atoms with Crippen molar-refractivity contribution in [2.24, 2.45) is 5.92 Å². The van der Waals surface area contributed by atoms with Crippen LogP contribution in [0.25, 0.3) is 11.4 Å². The van der Waals surface area contributed by atoms with Gasteiger partial charge in [0, 0.05) is 31.0 Å². The molecule has 1 saturated heterocycles. The van der Waals surface area contributed by atoms with Gasteiger partial charge in [-0.1, -0.05) is 5.16 Å². The zero-order valence-corrected chi connectivity index (χ0v) is 16.8. The summed E-state index contributed by atoms with van der Waals surface area (Å²) in [4.78, 5) is 22.0. The van der Waals surface area contributed by atoms with E-state index in [9.17, 15) is 13.6 Å². The summed E-state index contributed by atoms with van der Waals surface area (Å²) in [5.41, 5.74) is 0.125. The van der Waals surface area contributed by atoms with Crippen molar-refractivity contribution in [2.45, 2.75) is 44.5 Å². The van der Waals surface area contributed by atoms with E-state index >= 15 is 0 Å². The molecule has 0 aliphatic carbocycles. The molecule has 2 atom stereocenters. The number of aromatic nitrogens is 3. The molecular weight excluding hydrogens is 384 g/mol. The molecule has 1 aliphatic heterocycles. The number of carbonyl (C=O) groups is 1. The van der Waals surface area contributed by atoms with Crippen LogP contribution in [0.1, 0.15) is 44.8 Å². The van der Waals surface area contributed by atoms with Crippen LogP contribution in [-0.2, 0) is 15.8 Å². The highest BCUT2D eigenvalue weighted by atomic mass is 32.2. The zero-order chi connectivity index (χ0) is 20.3. The quantitative estimate of drug-likeness (QED) is 0.709. The largest absolute Gasteiger partial charge is 0.772 e. The molecular formula is C18H23N4O5S-. The molecule has 3 rings (SSSR count). The van der Waals surface area contributed by atoms with Crippen LogP contribution in [0.2, 0.25) is 0 Å². The van der Waals surface area contributed by atoms with E-state index in [0.29, 0.717) is 37.3 Å². The first kappa shape index (κ1) is 20.4. The second-order valence-corrected chi connectivity index (χ2v) is 8.71. The number of pyridine rings is 1. The fourth-order valence-corrected chi connectivity index (χ4v) is 3.97. The molecule has 28 heavy (non-hydrogen) atoms. The Morgan fingerprint density at radius 1 is 1.32 bits per heavy atom. The maximum Gasteiger partial charge on any atom is 0.410 e. The Balaban J connectivity index is 1.69. The van der Waals surface area contributed by atoms with Crippen molar-refractivity contribution in [1.29, 1.82) is 0 Å². The van der Waals surface area contributed by atoms with Gasteiger partial charge in [-0.25, -0.2) is 4.79 Å². The van der Waals surface area contributed by atoms with E-state index < -0.39 is 21.9 Å². The highest BCUT2D eigenvalue weighted by Gasteiger charge is 2.34. The number of hydrogen-bond acceptors (Lipinski definition) is 8. The maximum absolute atomic E-state index is 12.2. The second kappa shape index (κ2) is 8.36. The third-order valence-electron chi connectivity index (χ3n) is 4.45. The van der Waals surface area contributed by atoms with Crippen LogP contribution in [0, 0.1) is 5.92 Å². The Morgan fingerprint density at radius 2 is 1.96 bits per heavy atom. The maximum atomic E-state index is 12.2. The average Bonchev–Trinajstić information content (AvgIpc) is 3.11. The third kappa shape index (κ3) is 4.93. The highest BCUT2D eigenvalue weighted by molar-refractivity contribution is 7.79. The normalized spacial score (nSPS) is 17.9. The minimum absolute atomic E-state index is 0.0656. The summed E-state index contributed by atoms with van der Waals surface area (Å²) < 4.78 is 34.4. The lowest BCUT2D eigenvalue weighted by molar-refractivity contribution is 0.0180. The monoisotopic (exact) mass is 407 g/mol. The van der Waals surface area contributed by atoms with Gasteiger partial charge >= 0.3 is 6.09 Å².